The molecule has 0 radical (unpaired) electrons. The number of ether oxygens (including phenoxy) is 2. The Morgan fingerprint density at radius 3 is 2.12 bits per heavy atom. The van der Waals surface area contributed by atoms with Gasteiger partial charge in [0.15, 0.2) is 0 Å². The van der Waals surface area contributed by atoms with E-state index in [0.717, 1.165) is 43.2 Å². The number of hydrogen-bond donors (Lipinski definition) is 1. The lowest BCUT2D eigenvalue weighted by Gasteiger charge is -2.10. The minimum absolute atomic E-state index is 0.730. The van der Waals surface area contributed by atoms with Crippen molar-refractivity contribution in [2.45, 2.75) is 19.4 Å². The van der Waals surface area contributed by atoms with Gasteiger partial charge in [-0.25, -0.2) is 0 Å². The molecule has 0 aromatic heterocycles. The number of hydrogen-bond acceptors (Lipinski definition) is 3. The standard InChI is InChI=1S/C23H25NO2/c1-25-22-13-9-20(10-14-22)18-24-21-11-15-23(16-12-21)26-17-5-8-19-6-3-2-4-7-19/h2-4,6-7,9-16,24H,5,8,17-18H2,1H3. The zero-order valence-electron chi connectivity index (χ0n) is 15.2. The highest BCUT2D eigenvalue weighted by Gasteiger charge is 1.98. The molecule has 0 saturated heterocycles. The molecule has 3 rings (SSSR count). The van der Waals surface area contributed by atoms with Gasteiger partial charge in [-0.15, -0.1) is 0 Å². The molecule has 0 amide bonds. The lowest BCUT2D eigenvalue weighted by Crippen LogP contribution is -2.01. The molecule has 0 saturated carbocycles. The lowest BCUT2D eigenvalue weighted by atomic mass is 10.1. The average Bonchev–Trinajstić information content (AvgIpc) is 2.72. The molecule has 0 aliphatic carbocycles. The summed E-state index contributed by atoms with van der Waals surface area (Å²) in [7, 11) is 1.68. The van der Waals surface area contributed by atoms with Gasteiger partial charge < -0.3 is 14.8 Å². The van der Waals surface area contributed by atoms with Crippen LogP contribution in [-0.4, -0.2) is 13.7 Å². The molecular weight excluding hydrogens is 322 g/mol. The molecule has 0 aliphatic heterocycles. The van der Waals surface area contributed by atoms with Gasteiger partial charge in [0.1, 0.15) is 11.5 Å². The molecule has 3 aromatic rings. The second-order valence-corrected chi connectivity index (χ2v) is 6.16. The van der Waals surface area contributed by atoms with Gasteiger partial charge >= 0.3 is 0 Å². The summed E-state index contributed by atoms with van der Waals surface area (Å²) in [4.78, 5) is 0. The zero-order valence-corrected chi connectivity index (χ0v) is 15.2. The maximum Gasteiger partial charge on any atom is 0.119 e. The Morgan fingerprint density at radius 1 is 0.731 bits per heavy atom. The first kappa shape index (κ1) is 17.9. The Kier molecular flexibility index (Phi) is 6.54. The van der Waals surface area contributed by atoms with Crippen molar-refractivity contribution in [3.05, 3.63) is 90.0 Å². The quantitative estimate of drug-likeness (QED) is 0.532. The van der Waals surface area contributed by atoms with Gasteiger partial charge in [0, 0.05) is 12.2 Å². The molecule has 3 aromatic carbocycles. The summed E-state index contributed by atoms with van der Waals surface area (Å²) in [6.07, 6.45) is 2.06. The van der Waals surface area contributed by atoms with Gasteiger partial charge in [-0.2, -0.15) is 0 Å². The third kappa shape index (κ3) is 5.55. The summed E-state index contributed by atoms with van der Waals surface area (Å²) in [5.74, 6) is 1.79. The van der Waals surface area contributed by atoms with Crippen LogP contribution in [0.25, 0.3) is 0 Å². The van der Waals surface area contributed by atoms with Crippen LogP contribution >= 0.6 is 0 Å². The van der Waals surface area contributed by atoms with Crippen LogP contribution in [0.2, 0.25) is 0 Å². The summed E-state index contributed by atoms with van der Waals surface area (Å²) in [5, 5.41) is 3.42. The van der Waals surface area contributed by atoms with Crippen LogP contribution in [0, 0.1) is 0 Å². The van der Waals surface area contributed by atoms with Crippen molar-refractivity contribution in [1.82, 2.24) is 0 Å². The predicted octanol–water partition coefficient (Wildman–Crippen LogP) is 5.32. The molecule has 3 nitrogen and oxygen atoms in total. The number of aryl methyl sites for hydroxylation is 1. The first-order valence-electron chi connectivity index (χ1n) is 8.97. The Balaban J connectivity index is 1.40. The van der Waals surface area contributed by atoms with Gasteiger partial charge in [0.25, 0.3) is 0 Å². The molecule has 0 heterocycles. The van der Waals surface area contributed by atoms with E-state index in [1.165, 1.54) is 11.1 Å². The Labute approximate surface area is 155 Å². The van der Waals surface area contributed by atoms with E-state index in [0.29, 0.717) is 0 Å². The van der Waals surface area contributed by atoms with Gasteiger partial charge in [0.2, 0.25) is 0 Å². The fourth-order valence-electron chi connectivity index (χ4n) is 2.73. The van der Waals surface area contributed by atoms with E-state index in [2.05, 4.69) is 53.8 Å². The molecule has 26 heavy (non-hydrogen) atoms. The second-order valence-electron chi connectivity index (χ2n) is 6.16. The minimum atomic E-state index is 0.730. The van der Waals surface area contributed by atoms with Crippen molar-refractivity contribution < 1.29 is 9.47 Å². The first-order chi connectivity index (χ1) is 12.8. The smallest absolute Gasteiger partial charge is 0.119 e. The highest BCUT2D eigenvalue weighted by molar-refractivity contribution is 5.47. The van der Waals surface area contributed by atoms with E-state index < -0.39 is 0 Å². The zero-order chi connectivity index (χ0) is 18.0. The summed E-state index contributed by atoms with van der Waals surface area (Å²) in [6, 6.07) is 26.7. The molecule has 3 heteroatoms. The number of anilines is 1. The van der Waals surface area contributed by atoms with E-state index in [4.69, 9.17) is 9.47 Å². The third-order valence-electron chi connectivity index (χ3n) is 4.23. The van der Waals surface area contributed by atoms with E-state index in [1.807, 2.05) is 30.3 Å². The highest BCUT2D eigenvalue weighted by Crippen LogP contribution is 2.18. The summed E-state index contributed by atoms with van der Waals surface area (Å²) in [5.41, 5.74) is 3.65. The molecule has 0 atom stereocenters. The minimum Gasteiger partial charge on any atom is -0.497 e. The Bertz CT molecular complexity index is 768. The average molecular weight is 347 g/mol. The maximum absolute atomic E-state index is 5.83. The van der Waals surface area contributed by atoms with Crippen LogP contribution in [-0.2, 0) is 13.0 Å². The fraction of sp³-hybridized carbons (Fsp3) is 0.217. The molecule has 1 N–H and O–H groups in total. The molecule has 0 unspecified atom stereocenters. The topological polar surface area (TPSA) is 30.5 Å². The van der Waals surface area contributed by atoms with Crippen molar-refractivity contribution in [3.8, 4) is 11.5 Å². The van der Waals surface area contributed by atoms with Crippen LogP contribution in [0.1, 0.15) is 17.5 Å². The van der Waals surface area contributed by atoms with Gasteiger partial charge in [-0.05, 0) is 60.4 Å². The molecule has 134 valence electrons. The Hall–Kier alpha value is -2.94. The van der Waals surface area contributed by atoms with Crippen molar-refractivity contribution in [1.29, 1.82) is 0 Å². The van der Waals surface area contributed by atoms with Crippen LogP contribution < -0.4 is 14.8 Å². The van der Waals surface area contributed by atoms with E-state index in [9.17, 15) is 0 Å². The van der Waals surface area contributed by atoms with Gasteiger partial charge in [-0.1, -0.05) is 42.5 Å². The first-order valence-corrected chi connectivity index (χ1v) is 8.97. The van der Waals surface area contributed by atoms with E-state index in [-0.39, 0.29) is 0 Å². The summed E-state index contributed by atoms with van der Waals surface area (Å²) >= 11 is 0. The maximum atomic E-state index is 5.83. The fourth-order valence-corrected chi connectivity index (χ4v) is 2.73. The lowest BCUT2D eigenvalue weighted by molar-refractivity contribution is 0.311. The van der Waals surface area contributed by atoms with E-state index >= 15 is 0 Å². The van der Waals surface area contributed by atoms with Crippen molar-refractivity contribution in [2.75, 3.05) is 19.0 Å². The van der Waals surface area contributed by atoms with Crippen LogP contribution in [0.4, 0.5) is 5.69 Å². The molecule has 0 fully saturated rings. The van der Waals surface area contributed by atoms with E-state index in [1.54, 1.807) is 7.11 Å². The highest BCUT2D eigenvalue weighted by atomic mass is 16.5. The molecular formula is C23H25NO2. The van der Waals surface area contributed by atoms with Crippen molar-refractivity contribution >= 4 is 5.69 Å². The number of methoxy groups -OCH3 is 1. The molecule has 0 aliphatic rings. The van der Waals surface area contributed by atoms with Crippen LogP contribution in [0.3, 0.4) is 0 Å². The summed E-state index contributed by atoms with van der Waals surface area (Å²) < 4.78 is 11.0. The predicted molar refractivity (Wildman–Crippen MR) is 107 cm³/mol. The monoisotopic (exact) mass is 347 g/mol. The number of benzene rings is 3. The second kappa shape index (κ2) is 9.52. The van der Waals surface area contributed by atoms with Crippen molar-refractivity contribution in [3.63, 3.8) is 0 Å². The Morgan fingerprint density at radius 2 is 1.42 bits per heavy atom. The van der Waals surface area contributed by atoms with Crippen molar-refractivity contribution in [2.24, 2.45) is 0 Å². The summed E-state index contributed by atoms with van der Waals surface area (Å²) in [6.45, 7) is 1.51. The number of nitrogens with one attached hydrogen (secondary N) is 1. The molecule has 0 bridgehead atoms. The van der Waals surface area contributed by atoms with Gasteiger partial charge in [-0.3, -0.25) is 0 Å². The van der Waals surface area contributed by atoms with Crippen LogP contribution in [0.15, 0.2) is 78.9 Å². The normalized spacial score (nSPS) is 10.3. The van der Waals surface area contributed by atoms with Gasteiger partial charge in [0.05, 0.1) is 13.7 Å². The molecule has 0 spiro atoms. The largest absolute Gasteiger partial charge is 0.497 e. The van der Waals surface area contributed by atoms with Crippen LogP contribution in [0.5, 0.6) is 11.5 Å². The number of rotatable bonds is 9. The third-order valence-corrected chi connectivity index (χ3v) is 4.23. The SMILES string of the molecule is COc1ccc(CNc2ccc(OCCCc3ccccc3)cc2)cc1.